The van der Waals surface area contributed by atoms with Crippen molar-refractivity contribution in [1.29, 1.82) is 0 Å². The van der Waals surface area contributed by atoms with Gasteiger partial charge in [0.15, 0.2) is 0 Å². The predicted octanol–water partition coefficient (Wildman–Crippen LogP) is 1.88. The molecule has 1 rings (SSSR count). The smallest absolute Gasteiger partial charge is 0.330 e. The second-order valence-corrected chi connectivity index (χ2v) is 4.04. The number of carbonyl (C=O) groups excluding carboxylic acids is 1. The molecule has 3 nitrogen and oxygen atoms in total. The van der Waals surface area contributed by atoms with Crippen LogP contribution in [0.25, 0.3) is 0 Å². The number of esters is 1. The summed E-state index contributed by atoms with van der Waals surface area (Å²) in [6, 6.07) is 0.561. The molecule has 1 aliphatic rings. The van der Waals surface area contributed by atoms with E-state index in [-0.39, 0.29) is 5.97 Å². The van der Waals surface area contributed by atoms with Gasteiger partial charge < -0.3 is 10.1 Å². The van der Waals surface area contributed by atoms with Crippen molar-refractivity contribution in [3.8, 4) is 0 Å². The number of rotatable bonds is 6. The molecule has 15 heavy (non-hydrogen) atoms. The van der Waals surface area contributed by atoms with Gasteiger partial charge >= 0.3 is 5.97 Å². The van der Waals surface area contributed by atoms with Crippen LogP contribution in [0.5, 0.6) is 0 Å². The Morgan fingerprint density at radius 3 is 2.87 bits per heavy atom. The SMILES string of the molecule is CCOC(=O)/C=C/CNC(C)C1CCC1. The minimum absolute atomic E-state index is 0.254. The molecule has 0 amide bonds. The average molecular weight is 211 g/mol. The first kappa shape index (κ1) is 12.2. The fourth-order valence-corrected chi connectivity index (χ4v) is 1.71. The molecule has 0 heterocycles. The van der Waals surface area contributed by atoms with Crippen LogP contribution in [-0.4, -0.2) is 25.2 Å². The molecule has 1 atom stereocenters. The minimum atomic E-state index is -0.254. The first-order chi connectivity index (χ1) is 7.24. The lowest BCUT2D eigenvalue weighted by atomic mass is 9.80. The van der Waals surface area contributed by atoms with E-state index in [0.717, 1.165) is 12.5 Å². The van der Waals surface area contributed by atoms with E-state index in [2.05, 4.69) is 12.2 Å². The Morgan fingerprint density at radius 2 is 2.33 bits per heavy atom. The highest BCUT2D eigenvalue weighted by Crippen LogP contribution is 2.29. The highest BCUT2D eigenvalue weighted by molar-refractivity contribution is 5.81. The molecule has 0 aliphatic heterocycles. The fraction of sp³-hybridized carbons (Fsp3) is 0.750. The Hall–Kier alpha value is -0.830. The molecular weight excluding hydrogens is 190 g/mol. The zero-order valence-electron chi connectivity index (χ0n) is 9.66. The molecule has 0 aromatic carbocycles. The summed E-state index contributed by atoms with van der Waals surface area (Å²) in [7, 11) is 0. The lowest BCUT2D eigenvalue weighted by Crippen LogP contribution is -2.37. The number of ether oxygens (including phenoxy) is 1. The van der Waals surface area contributed by atoms with Crippen molar-refractivity contribution in [2.75, 3.05) is 13.2 Å². The molecule has 86 valence electrons. The summed E-state index contributed by atoms with van der Waals surface area (Å²) in [4.78, 5) is 11.0. The highest BCUT2D eigenvalue weighted by Gasteiger charge is 2.22. The Kier molecular flexibility index (Phi) is 5.40. The predicted molar refractivity (Wildman–Crippen MR) is 60.6 cm³/mol. The number of nitrogens with one attached hydrogen (secondary N) is 1. The second-order valence-electron chi connectivity index (χ2n) is 4.04. The van der Waals surface area contributed by atoms with Gasteiger partial charge in [0, 0.05) is 18.7 Å². The van der Waals surface area contributed by atoms with Crippen LogP contribution in [0.1, 0.15) is 33.1 Å². The second kappa shape index (κ2) is 6.62. The van der Waals surface area contributed by atoms with Gasteiger partial charge in [0.05, 0.1) is 6.61 Å². The van der Waals surface area contributed by atoms with Gasteiger partial charge in [-0.1, -0.05) is 12.5 Å². The van der Waals surface area contributed by atoms with Crippen molar-refractivity contribution in [2.45, 2.75) is 39.2 Å². The molecule has 0 aromatic rings. The van der Waals surface area contributed by atoms with E-state index in [4.69, 9.17) is 4.74 Å². The first-order valence-corrected chi connectivity index (χ1v) is 5.80. The Bertz CT molecular complexity index is 222. The van der Waals surface area contributed by atoms with Crippen molar-refractivity contribution in [2.24, 2.45) is 5.92 Å². The molecule has 0 aromatic heterocycles. The number of hydrogen-bond acceptors (Lipinski definition) is 3. The van der Waals surface area contributed by atoms with Crippen LogP contribution in [0.3, 0.4) is 0 Å². The Labute approximate surface area is 91.9 Å². The lowest BCUT2D eigenvalue weighted by Gasteiger charge is -2.31. The third-order valence-electron chi connectivity index (χ3n) is 2.96. The largest absolute Gasteiger partial charge is 0.463 e. The van der Waals surface area contributed by atoms with Crippen LogP contribution in [0.4, 0.5) is 0 Å². The van der Waals surface area contributed by atoms with Crippen LogP contribution < -0.4 is 5.32 Å². The maximum atomic E-state index is 11.0. The summed E-state index contributed by atoms with van der Waals surface area (Å²) in [5, 5.41) is 3.39. The quantitative estimate of drug-likeness (QED) is 0.538. The Morgan fingerprint density at radius 1 is 1.60 bits per heavy atom. The third-order valence-corrected chi connectivity index (χ3v) is 2.96. The van der Waals surface area contributed by atoms with E-state index < -0.39 is 0 Å². The van der Waals surface area contributed by atoms with Crippen molar-refractivity contribution >= 4 is 5.97 Å². The molecule has 1 fully saturated rings. The van der Waals surface area contributed by atoms with Gasteiger partial charge in [-0.2, -0.15) is 0 Å². The third kappa shape index (κ3) is 4.47. The zero-order valence-corrected chi connectivity index (χ0v) is 9.66. The number of hydrogen-bond donors (Lipinski definition) is 1. The Balaban J connectivity index is 2.06. The molecule has 3 heteroatoms. The van der Waals surface area contributed by atoms with Gasteiger partial charge in [-0.05, 0) is 32.6 Å². The van der Waals surface area contributed by atoms with Crippen molar-refractivity contribution < 1.29 is 9.53 Å². The van der Waals surface area contributed by atoms with Crippen molar-refractivity contribution in [1.82, 2.24) is 5.32 Å². The number of carbonyl (C=O) groups is 1. The zero-order chi connectivity index (χ0) is 11.1. The summed E-state index contributed by atoms with van der Waals surface area (Å²) in [6.07, 6.45) is 7.37. The lowest BCUT2D eigenvalue weighted by molar-refractivity contribution is -0.137. The van der Waals surface area contributed by atoms with Crippen LogP contribution in [0.15, 0.2) is 12.2 Å². The van der Waals surface area contributed by atoms with Gasteiger partial charge in [-0.25, -0.2) is 4.79 Å². The highest BCUT2D eigenvalue weighted by atomic mass is 16.5. The molecule has 0 saturated heterocycles. The summed E-state index contributed by atoms with van der Waals surface area (Å²) >= 11 is 0. The van der Waals surface area contributed by atoms with Gasteiger partial charge in [0.2, 0.25) is 0 Å². The summed E-state index contributed by atoms with van der Waals surface area (Å²) < 4.78 is 4.78. The monoisotopic (exact) mass is 211 g/mol. The van der Waals surface area contributed by atoms with E-state index in [1.54, 1.807) is 0 Å². The van der Waals surface area contributed by atoms with Crippen LogP contribution >= 0.6 is 0 Å². The van der Waals surface area contributed by atoms with Crippen molar-refractivity contribution in [3.63, 3.8) is 0 Å². The summed E-state index contributed by atoms with van der Waals surface area (Å²) in [5.74, 6) is 0.580. The van der Waals surface area contributed by atoms with E-state index in [9.17, 15) is 4.79 Å². The van der Waals surface area contributed by atoms with Gasteiger partial charge in [0.1, 0.15) is 0 Å². The van der Waals surface area contributed by atoms with Crippen LogP contribution in [-0.2, 0) is 9.53 Å². The summed E-state index contributed by atoms with van der Waals surface area (Å²) in [6.45, 7) is 5.20. The maximum Gasteiger partial charge on any atom is 0.330 e. The molecule has 1 aliphatic carbocycles. The van der Waals surface area contributed by atoms with E-state index in [1.807, 2.05) is 13.0 Å². The van der Waals surface area contributed by atoms with Gasteiger partial charge in [-0.3, -0.25) is 0 Å². The van der Waals surface area contributed by atoms with Crippen molar-refractivity contribution in [3.05, 3.63) is 12.2 Å². The van der Waals surface area contributed by atoms with E-state index >= 15 is 0 Å². The van der Waals surface area contributed by atoms with E-state index in [1.165, 1.54) is 25.3 Å². The fourth-order valence-electron chi connectivity index (χ4n) is 1.71. The molecule has 1 saturated carbocycles. The molecule has 0 spiro atoms. The van der Waals surface area contributed by atoms with Gasteiger partial charge in [-0.15, -0.1) is 0 Å². The molecule has 1 unspecified atom stereocenters. The van der Waals surface area contributed by atoms with E-state index in [0.29, 0.717) is 12.6 Å². The van der Waals surface area contributed by atoms with Gasteiger partial charge in [0.25, 0.3) is 0 Å². The van der Waals surface area contributed by atoms with Crippen LogP contribution in [0, 0.1) is 5.92 Å². The normalized spacial score (nSPS) is 18.8. The average Bonchev–Trinajstić information content (AvgIpc) is 2.10. The first-order valence-electron chi connectivity index (χ1n) is 5.80. The standard InChI is InChI=1S/C12H21NO2/c1-3-15-12(14)8-5-9-13-10(2)11-6-4-7-11/h5,8,10-11,13H,3-4,6-7,9H2,1-2H3/b8-5+. The molecule has 1 N–H and O–H groups in total. The maximum absolute atomic E-state index is 11.0. The van der Waals surface area contributed by atoms with Crippen LogP contribution in [0.2, 0.25) is 0 Å². The minimum Gasteiger partial charge on any atom is -0.463 e. The topological polar surface area (TPSA) is 38.3 Å². The summed E-state index contributed by atoms with van der Waals surface area (Å²) in [5.41, 5.74) is 0. The molecule has 0 bridgehead atoms. The molecule has 0 radical (unpaired) electrons. The molecular formula is C12H21NO2.